The summed E-state index contributed by atoms with van der Waals surface area (Å²) in [5.41, 5.74) is 8.33. The summed E-state index contributed by atoms with van der Waals surface area (Å²) in [6, 6.07) is 20.5. The van der Waals surface area contributed by atoms with Crippen molar-refractivity contribution in [3.05, 3.63) is 125 Å². The SMILES string of the molecule is CC(C)C(C(=O)N1CCCC1C)n1cc(-c2ccc(COc3c(-c4ccc(F)c5sc(N)c(C#N)c45)c(C(F)(F)F)cc4c(N5CC6CCC(C5)N6)nc(OC5CCOCC5)nc34)cc2)nn1.O=CNC(CO)c1ccc(-c2ccncc2F)cc1. The maximum atomic E-state index is 15.9. The molecule has 448 valence electrons. The lowest BCUT2D eigenvalue weighted by Gasteiger charge is -2.35. The van der Waals surface area contributed by atoms with E-state index in [1.807, 2.05) is 41.8 Å². The highest BCUT2D eigenvalue weighted by molar-refractivity contribution is 7.23. The average Bonchev–Trinajstić information content (AvgIpc) is 1.19. The molecular weight excluding hydrogens is 1140 g/mol. The number of pyridine rings is 1. The maximum Gasteiger partial charge on any atom is 0.417 e. The number of piperazine rings is 1. The topological polar surface area (TPSA) is 232 Å². The van der Waals surface area contributed by atoms with E-state index in [4.69, 9.17) is 35.0 Å². The van der Waals surface area contributed by atoms with E-state index in [0.29, 0.717) is 80.0 Å². The molecule has 0 saturated carbocycles. The number of nitrogens with two attached hydrogens (primary N) is 1. The molecule has 86 heavy (non-hydrogen) atoms. The number of nitrogens with zero attached hydrogens (tertiary/aromatic N) is 9. The molecular formula is C62H63F5N12O6S. The number of alkyl halides is 3. The lowest BCUT2D eigenvalue weighted by molar-refractivity contribution is -0.137. The summed E-state index contributed by atoms with van der Waals surface area (Å²) in [5, 5.41) is 34.3. The van der Waals surface area contributed by atoms with Crippen LogP contribution in [0.25, 0.3) is 54.5 Å². The quantitative estimate of drug-likeness (QED) is 0.0521. The molecule has 0 spiro atoms. The number of ether oxygens (including phenoxy) is 3. The summed E-state index contributed by atoms with van der Waals surface area (Å²) in [6.07, 6.45) is 4.60. The highest BCUT2D eigenvalue weighted by atomic mass is 32.1. The summed E-state index contributed by atoms with van der Waals surface area (Å²) in [7, 11) is 0. The Balaban J connectivity index is 0.000000344. The third kappa shape index (κ3) is 12.2. The molecule has 5 unspecified atom stereocenters. The first-order valence-corrected chi connectivity index (χ1v) is 29.4. The zero-order chi connectivity index (χ0) is 60.4. The summed E-state index contributed by atoms with van der Waals surface area (Å²) >= 11 is 0.792. The number of carbonyl (C=O) groups excluding carboxylic acids is 2. The van der Waals surface area contributed by atoms with Crippen molar-refractivity contribution in [2.24, 2.45) is 5.92 Å². The van der Waals surface area contributed by atoms with Gasteiger partial charge in [-0.15, -0.1) is 16.4 Å². The minimum absolute atomic E-state index is 0.0119. The number of aromatic nitrogens is 6. The number of aliphatic hydroxyl groups excluding tert-OH is 1. The zero-order valence-electron chi connectivity index (χ0n) is 47.4. The molecule has 12 rings (SSSR count). The smallest absolute Gasteiger partial charge is 0.417 e. The van der Waals surface area contributed by atoms with Crippen LogP contribution >= 0.6 is 11.3 Å². The van der Waals surface area contributed by atoms with Crippen LogP contribution in [0.5, 0.6) is 11.8 Å². The lowest BCUT2D eigenvalue weighted by atomic mass is 9.92. The Hall–Kier alpha value is -8.37. The number of aliphatic hydroxyl groups is 1. The van der Waals surface area contributed by atoms with Gasteiger partial charge in [0.25, 0.3) is 0 Å². The molecule has 2 amide bonds. The normalized spacial score (nSPS) is 18.6. The summed E-state index contributed by atoms with van der Waals surface area (Å²) in [5.74, 6) is -1.11. The van der Waals surface area contributed by atoms with Gasteiger partial charge in [-0.1, -0.05) is 73.7 Å². The van der Waals surface area contributed by atoms with Crippen LogP contribution < -0.4 is 30.7 Å². The summed E-state index contributed by atoms with van der Waals surface area (Å²) in [4.78, 5) is 41.4. The molecule has 5 N–H and O–H groups in total. The van der Waals surface area contributed by atoms with Crippen molar-refractivity contribution in [3.8, 4) is 51.3 Å². The molecule has 4 fully saturated rings. The highest BCUT2D eigenvalue weighted by Crippen LogP contribution is 2.52. The van der Waals surface area contributed by atoms with Gasteiger partial charge in [0.1, 0.15) is 58.5 Å². The van der Waals surface area contributed by atoms with Crippen molar-refractivity contribution in [2.45, 2.75) is 108 Å². The molecule has 5 atom stereocenters. The Morgan fingerprint density at radius 2 is 1.71 bits per heavy atom. The van der Waals surface area contributed by atoms with Gasteiger partial charge in [-0.2, -0.15) is 28.4 Å². The van der Waals surface area contributed by atoms with Gasteiger partial charge in [0, 0.05) is 84.3 Å². The number of thiophene rings is 1. The van der Waals surface area contributed by atoms with Crippen LogP contribution in [0.4, 0.5) is 32.8 Å². The van der Waals surface area contributed by atoms with E-state index in [-0.39, 0.29) is 110 Å². The van der Waals surface area contributed by atoms with Crippen LogP contribution in [0, 0.1) is 28.9 Å². The van der Waals surface area contributed by atoms with Crippen LogP contribution in [0.3, 0.4) is 0 Å². The average molecular weight is 1200 g/mol. The van der Waals surface area contributed by atoms with Gasteiger partial charge in [-0.05, 0) is 79.0 Å². The maximum absolute atomic E-state index is 15.9. The Labute approximate surface area is 496 Å². The second-order valence-electron chi connectivity index (χ2n) is 22.4. The van der Waals surface area contributed by atoms with E-state index in [0.717, 1.165) is 60.9 Å². The number of halogens is 5. The fourth-order valence-electron chi connectivity index (χ4n) is 12.0. The third-order valence-electron chi connectivity index (χ3n) is 16.4. The van der Waals surface area contributed by atoms with Gasteiger partial charge in [0.2, 0.25) is 12.3 Å². The summed E-state index contributed by atoms with van der Waals surface area (Å²) < 4.78 is 96.8. The monoisotopic (exact) mass is 1200 g/mol. The van der Waals surface area contributed by atoms with Crippen molar-refractivity contribution in [3.63, 3.8) is 0 Å². The second-order valence-corrected chi connectivity index (χ2v) is 23.4. The Morgan fingerprint density at radius 3 is 2.36 bits per heavy atom. The van der Waals surface area contributed by atoms with Crippen molar-refractivity contribution in [1.29, 1.82) is 5.26 Å². The molecule has 24 heteroatoms. The Morgan fingerprint density at radius 1 is 0.977 bits per heavy atom. The molecule has 2 bridgehead atoms. The predicted octanol–water partition coefficient (Wildman–Crippen LogP) is 10.3. The molecule has 4 aliphatic rings. The number of hydrogen-bond acceptors (Lipinski definition) is 16. The van der Waals surface area contributed by atoms with Gasteiger partial charge < -0.3 is 45.5 Å². The van der Waals surface area contributed by atoms with E-state index in [1.54, 1.807) is 53.3 Å². The number of rotatable bonds is 16. The Kier molecular flexibility index (Phi) is 17.5. The van der Waals surface area contributed by atoms with Crippen molar-refractivity contribution < 1.29 is 50.9 Å². The molecule has 4 aliphatic heterocycles. The molecule has 8 aromatic rings. The number of anilines is 2. The van der Waals surface area contributed by atoms with E-state index in [1.165, 1.54) is 12.3 Å². The van der Waals surface area contributed by atoms with Gasteiger partial charge in [0.05, 0.1) is 54.1 Å². The first-order valence-electron chi connectivity index (χ1n) is 28.6. The fraction of sp³-hybridized carbons (Fsp3) is 0.387. The van der Waals surface area contributed by atoms with Crippen molar-refractivity contribution in [1.82, 2.24) is 45.5 Å². The van der Waals surface area contributed by atoms with Crippen LogP contribution in [0.1, 0.15) is 93.6 Å². The van der Waals surface area contributed by atoms with Crippen molar-refractivity contribution >= 4 is 55.5 Å². The molecule has 4 aromatic heterocycles. The van der Waals surface area contributed by atoms with Crippen LogP contribution in [-0.4, -0.2) is 116 Å². The van der Waals surface area contributed by atoms with Crippen LogP contribution in [0.15, 0.2) is 91.4 Å². The van der Waals surface area contributed by atoms with Gasteiger partial charge in [-0.25, -0.2) is 13.5 Å². The number of carbonyl (C=O) groups is 2. The number of amides is 2. The van der Waals surface area contributed by atoms with E-state index >= 15 is 17.6 Å². The minimum atomic E-state index is -4.97. The largest absolute Gasteiger partial charge is 0.486 e. The number of hydrogen-bond donors (Lipinski definition) is 4. The van der Waals surface area contributed by atoms with E-state index in [2.05, 4.69) is 32.9 Å². The fourth-order valence-corrected chi connectivity index (χ4v) is 12.9. The number of benzene rings is 4. The first-order chi connectivity index (χ1) is 41.5. The summed E-state index contributed by atoms with van der Waals surface area (Å²) in [6.45, 7) is 8.27. The number of nitrogen functional groups attached to an aromatic ring is 1. The minimum Gasteiger partial charge on any atom is -0.486 e. The third-order valence-corrected chi connectivity index (χ3v) is 17.4. The van der Waals surface area contributed by atoms with E-state index < -0.39 is 35.2 Å². The van der Waals surface area contributed by atoms with Crippen LogP contribution in [-0.2, 0) is 27.1 Å². The highest BCUT2D eigenvalue weighted by Gasteiger charge is 2.41. The second kappa shape index (κ2) is 25.3. The zero-order valence-corrected chi connectivity index (χ0v) is 48.2. The molecule has 18 nitrogen and oxygen atoms in total. The molecule has 0 radical (unpaired) electrons. The Bertz CT molecular complexity index is 3800. The van der Waals surface area contributed by atoms with Gasteiger partial charge in [-0.3, -0.25) is 14.6 Å². The van der Waals surface area contributed by atoms with Crippen molar-refractivity contribution in [2.75, 3.05) is 50.1 Å². The molecule has 8 heterocycles. The predicted molar refractivity (Wildman–Crippen MR) is 314 cm³/mol. The standard InChI is InChI=1S/C48H50F4N10O4S.C14H13FN2O2/c1-25(2)41(46(63)61-16-4-5-26(61)3)62-23-37(58-59-62)28-8-6-27(7-9-28)24-65-42-39(32-12-13-36(49)43-38(32)34(20-53)44(54)67-43)35(48(50,51)52)19-33-40(42)56-47(66-31-14-17-64-18-15-31)57-45(33)60-21-29-10-11-30(22-60)55-29;15-13-7-16-6-5-12(13)10-1-3-11(4-2-10)14(8-18)17-9-19/h6-9,12-13,19,23,25-26,29-31,41,55H,4-5,10-11,14-18,21-22,24,54H2,1-3H3;1-7,9,14,18H,8H2,(H,17,19). The first kappa shape index (κ1) is 59.4. The molecule has 0 aliphatic carbocycles. The molecule has 4 aromatic carbocycles. The number of likely N-dealkylation sites (tertiary alicyclic amines) is 1. The molecule has 4 saturated heterocycles. The van der Waals surface area contributed by atoms with Gasteiger partial charge >= 0.3 is 12.2 Å². The number of nitriles is 1. The number of fused-ring (bicyclic) bond motifs is 4. The lowest BCUT2D eigenvalue weighted by Crippen LogP contribution is -2.51. The number of nitrogens with one attached hydrogen (secondary N) is 2. The van der Waals surface area contributed by atoms with Gasteiger partial charge in [0.15, 0.2) is 5.75 Å². The van der Waals surface area contributed by atoms with E-state index in [9.17, 15) is 19.2 Å². The van der Waals surface area contributed by atoms with Crippen LogP contribution in [0.2, 0.25) is 0 Å².